The van der Waals surface area contributed by atoms with Crippen LogP contribution in [0.1, 0.15) is 15.9 Å². The minimum absolute atomic E-state index is 0.0513. The van der Waals surface area contributed by atoms with E-state index in [4.69, 9.17) is 10.5 Å². The lowest BCUT2D eigenvalue weighted by Gasteiger charge is -2.10. The van der Waals surface area contributed by atoms with E-state index in [-0.39, 0.29) is 11.3 Å². The number of nitrogens with two attached hydrogens (primary N) is 1. The molecule has 0 aliphatic carbocycles. The van der Waals surface area contributed by atoms with Gasteiger partial charge in [0.15, 0.2) is 11.6 Å². The van der Waals surface area contributed by atoms with Gasteiger partial charge in [0.25, 0.3) is 0 Å². The van der Waals surface area contributed by atoms with E-state index in [2.05, 4.69) is 15.9 Å². The topological polar surface area (TPSA) is 52.3 Å². The largest absolute Gasteiger partial charge is 0.454 e. The summed E-state index contributed by atoms with van der Waals surface area (Å²) in [4.78, 5) is 10.9. The average molecular weight is 324 g/mol. The van der Waals surface area contributed by atoms with Crippen LogP contribution in [0.4, 0.5) is 4.39 Å². The standard InChI is InChI=1S/C14H11BrFNO2/c1-8-6-10(15)3-5-12(8)19-13-4-2-9(14(17)18)7-11(13)16/h2-7H,1H3,(H2,17,18). The predicted octanol–water partition coefficient (Wildman–Crippen LogP) is 3.79. The molecule has 0 aliphatic rings. The molecule has 2 rings (SSSR count). The lowest BCUT2D eigenvalue weighted by molar-refractivity contribution is 0.1000. The highest BCUT2D eigenvalue weighted by Crippen LogP contribution is 2.29. The molecule has 2 aromatic rings. The summed E-state index contributed by atoms with van der Waals surface area (Å²) in [5.74, 6) is -0.701. The van der Waals surface area contributed by atoms with E-state index >= 15 is 0 Å². The number of hydrogen-bond donors (Lipinski definition) is 1. The summed E-state index contributed by atoms with van der Waals surface area (Å²) in [5, 5.41) is 0. The summed E-state index contributed by atoms with van der Waals surface area (Å²) in [6, 6.07) is 9.28. The molecule has 2 N–H and O–H groups in total. The van der Waals surface area contributed by atoms with Gasteiger partial charge in [-0.3, -0.25) is 4.79 Å². The maximum atomic E-state index is 13.8. The molecule has 1 amide bonds. The van der Waals surface area contributed by atoms with Crippen molar-refractivity contribution in [2.75, 3.05) is 0 Å². The van der Waals surface area contributed by atoms with Gasteiger partial charge in [0.1, 0.15) is 5.75 Å². The zero-order chi connectivity index (χ0) is 14.0. The van der Waals surface area contributed by atoms with E-state index in [1.807, 2.05) is 13.0 Å². The molecule has 0 bridgehead atoms. The number of hydrogen-bond acceptors (Lipinski definition) is 2. The number of ether oxygens (including phenoxy) is 1. The maximum Gasteiger partial charge on any atom is 0.248 e. The number of rotatable bonds is 3. The van der Waals surface area contributed by atoms with Gasteiger partial charge in [-0.05, 0) is 48.9 Å². The Balaban J connectivity index is 2.31. The Morgan fingerprint density at radius 2 is 1.89 bits per heavy atom. The molecule has 0 aromatic heterocycles. The number of carbonyl (C=O) groups excluding carboxylic acids is 1. The molecule has 5 heteroatoms. The Hall–Kier alpha value is -1.88. The van der Waals surface area contributed by atoms with Gasteiger partial charge in [-0.15, -0.1) is 0 Å². The van der Waals surface area contributed by atoms with Crippen LogP contribution in [0.3, 0.4) is 0 Å². The van der Waals surface area contributed by atoms with Crippen molar-refractivity contribution in [2.24, 2.45) is 5.73 Å². The third-order valence-electron chi connectivity index (χ3n) is 2.57. The summed E-state index contributed by atoms with van der Waals surface area (Å²) < 4.78 is 20.2. The lowest BCUT2D eigenvalue weighted by Crippen LogP contribution is -2.11. The van der Waals surface area contributed by atoms with Crippen molar-refractivity contribution in [2.45, 2.75) is 6.92 Å². The summed E-state index contributed by atoms with van der Waals surface area (Å²) in [6.45, 7) is 1.86. The fraction of sp³-hybridized carbons (Fsp3) is 0.0714. The first-order valence-corrected chi connectivity index (χ1v) is 6.30. The smallest absolute Gasteiger partial charge is 0.248 e. The van der Waals surface area contributed by atoms with Gasteiger partial charge < -0.3 is 10.5 Å². The Kier molecular flexibility index (Phi) is 3.85. The molecule has 3 nitrogen and oxygen atoms in total. The van der Waals surface area contributed by atoms with Crippen LogP contribution in [0.15, 0.2) is 40.9 Å². The van der Waals surface area contributed by atoms with Gasteiger partial charge in [-0.2, -0.15) is 0 Å². The summed E-state index contributed by atoms with van der Waals surface area (Å²) >= 11 is 3.34. The van der Waals surface area contributed by atoms with Crippen molar-refractivity contribution in [3.63, 3.8) is 0 Å². The van der Waals surface area contributed by atoms with E-state index in [9.17, 15) is 9.18 Å². The monoisotopic (exact) mass is 323 g/mol. The average Bonchev–Trinajstić information content (AvgIpc) is 2.34. The Labute approximate surface area is 118 Å². The Bertz CT molecular complexity index is 643. The highest BCUT2D eigenvalue weighted by molar-refractivity contribution is 9.10. The van der Waals surface area contributed by atoms with E-state index in [0.717, 1.165) is 16.1 Å². The first kappa shape index (κ1) is 13.5. The summed E-state index contributed by atoms with van der Waals surface area (Å²) in [7, 11) is 0. The summed E-state index contributed by atoms with van der Waals surface area (Å²) in [5.41, 5.74) is 6.05. The van der Waals surface area contributed by atoms with Crippen molar-refractivity contribution < 1.29 is 13.9 Å². The van der Waals surface area contributed by atoms with Crippen LogP contribution in [0.5, 0.6) is 11.5 Å². The molecule has 98 valence electrons. The Morgan fingerprint density at radius 1 is 1.21 bits per heavy atom. The van der Waals surface area contributed by atoms with Crippen molar-refractivity contribution in [3.05, 3.63) is 57.8 Å². The van der Waals surface area contributed by atoms with Crippen LogP contribution in [0, 0.1) is 12.7 Å². The number of aryl methyl sites for hydroxylation is 1. The van der Waals surface area contributed by atoms with Crippen molar-refractivity contribution in [1.82, 2.24) is 0 Å². The maximum absolute atomic E-state index is 13.8. The number of primary amides is 1. The van der Waals surface area contributed by atoms with Crippen LogP contribution in [-0.4, -0.2) is 5.91 Å². The van der Waals surface area contributed by atoms with E-state index in [1.165, 1.54) is 12.1 Å². The first-order valence-electron chi connectivity index (χ1n) is 5.51. The molecule has 0 radical (unpaired) electrons. The zero-order valence-corrected chi connectivity index (χ0v) is 11.7. The number of carbonyl (C=O) groups is 1. The van der Waals surface area contributed by atoms with Gasteiger partial charge >= 0.3 is 0 Å². The molecule has 2 aromatic carbocycles. The second-order valence-corrected chi connectivity index (χ2v) is 4.94. The zero-order valence-electron chi connectivity index (χ0n) is 10.1. The number of benzene rings is 2. The van der Waals surface area contributed by atoms with Crippen LogP contribution in [0.25, 0.3) is 0 Å². The fourth-order valence-corrected chi connectivity index (χ4v) is 2.06. The molecule has 0 spiro atoms. The van der Waals surface area contributed by atoms with Gasteiger partial charge in [0.2, 0.25) is 5.91 Å². The molecular formula is C14H11BrFNO2. The molecule has 0 atom stereocenters. The highest BCUT2D eigenvalue weighted by Gasteiger charge is 2.10. The minimum Gasteiger partial charge on any atom is -0.454 e. The van der Waals surface area contributed by atoms with Crippen molar-refractivity contribution in [3.8, 4) is 11.5 Å². The quantitative estimate of drug-likeness (QED) is 0.934. The minimum atomic E-state index is -0.676. The second-order valence-electron chi connectivity index (χ2n) is 4.02. The van der Waals surface area contributed by atoms with Crippen molar-refractivity contribution >= 4 is 21.8 Å². The van der Waals surface area contributed by atoms with Crippen LogP contribution in [0.2, 0.25) is 0 Å². The van der Waals surface area contributed by atoms with Crippen molar-refractivity contribution in [1.29, 1.82) is 0 Å². The Morgan fingerprint density at radius 3 is 2.47 bits per heavy atom. The van der Waals surface area contributed by atoms with Crippen LogP contribution >= 0.6 is 15.9 Å². The molecule has 0 unspecified atom stereocenters. The van der Waals surface area contributed by atoms with Gasteiger partial charge in [0, 0.05) is 10.0 Å². The number of amides is 1. The third-order valence-corrected chi connectivity index (χ3v) is 3.07. The molecule has 0 saturated carbocycles. The van der Waals surface area contributed by atoms with E-state index in [0.29, 0.717) is 5.75 Å². The van der Waals surface area contributed by atoms with Crippen LogP contribution in [-0.2, 0) is 0 Å². The van der Waals surface area contributed by atoms with Gasteiger partial charge in [0.05, 0.1) is 0 Å². The molecule has 0 fully saturated rings. The molecule has 19 heavy (non-hydrogen) atoms. The number of halogens is 2. The third kappa shape index (κ3) is 3.12. The lowest BCUT2D eigenvalue weighted by atomic mass is 10.2. The van der Waals surface area contributed by atoms with Gasteiger partial charge in [-0.1, -0.05) is 15.9 Å². The van der Waals surface area contributed by atoms with Crippen LogP contribution < -0.4 is 10.5 Å². The second kappa shape index (κ2) is 5.40. The normalized spacial score (nSPS) is 10.3. The fourth-order valence-electron chi connectivity index (χ4n) is 1.58. The molecule has 0 saturated heterocycles. The first-order chi connectivity index (χ1) is 8.97. The molecule has 0 aliphatic heterocycles. The van der Waals surface area contributed by atoms with E-state index < -0.39 is 11.7 Å². The molecule has 0 heterocycles. The highest BCUT2D eigenvalue weighted by atomic mass is 79.9. The van der Waals surface area contributed by atoms with Gasteiger partial charge in [-0.25, -0.2) is 4.39 Å². The van der Waals surface area contributed by atoms with E-state index in [1.54, 1.807) is 12.1 Å². The summed E-state index contributed by atoms with van der Waals surface area (Å²) in [6.07, 6.45) is 0. The molecular weight excluding hydrogens is 313 g/mol. The SMILES string of the molecule is Cc1cc(Br)ccc1Oc1ccc(C(N)=O)cc1F. The predicted molar refractivity (Wildman–Crippen MR) is 73.9 cm³/mol.